The van der Waals surface area contributed by atoms with Crippen LogP contribution in [0.2, 0.25) is 5.02 Å². The molecule has 1 aromatic carbocycles. The van der Waals surface area contributed by atoms with Crippen molar-refractivity contribution in [1.82, 2.24) is 0 Å². The molecule has 1 aliphatic rings. The molecule has 0 spiro atoms. The number of hydrogen-bond acceptors (Lipinski definition) is 1. The van der Waals surface area contributed by atoms with Crippen LogP contribution >= 0.6 is 11.6 Å². The molecule has 0 radical (unpaired) electrons. The van der Waals surface area contributed by atoms with Crippen LogP contribution in [0.4, 0.5) is 4.39 Å². The molecule has 2 rings (SSSR count). The van der Waals surface area contributed by atoms with Crippen LogP contribution in [0.15, 0.2) is 12.1 Å². The molecular weight excluding hydrogens is 299 g/mol. The third-order valence-corrected chi connectivity index (χ3v) is 5.26. The molecule has 0 heterocycles. The van der Waals surface area contributed by atoms with Crippen LogP contribution in [0.1, 0.15) is 76.7 Å². The smallest absolute Gasteiger partial charge is 0.183 e. The van der Waals surface area contributed by atoms with Crippen LogP contribution in [-0.4, -0.2) is 6.61 Å². The summed E-state index contributed by atoms with van der Waals surface area (Å²) in [5.41, 5.74) is 0.967. The highest BCUT2D eigenvalue weighted by atomic mass is 35.5. The Balaban J connectivity index is 1.95. The third-order valence-electron chi connectivity index (χ3n) is 4.88. The fourth-order valence-electron chi connectivity index (χ4n) is 3.57. The molecular formula is C19H28ClFO. The van der Waals surface area contributed by atoms with Crippen molar-refractivity contribution in [2.45, 2.75) is 71.1 Å². The summed E-state index contributed by atoms with van der Waals surface area (Å²) in [5, 5.41) is 0.264. The Hall–Kier alpha value is -0.760. The van der Waals surface area contributed by atoms with Crippen LogP contribution in [-0.2, 0) is 0 Å². The second-order valence-electron chi connectivity index (χ2n) is 6.43. The van der Waals surface area contributed by atoms with Gasteiger partial charge in [0.05, 0.1) is 11.6 Å². The average Bonchev–Trinajstić information content (AvgIpc) is 2.53. The maximum atomic E-state index is 14.2. The van der Waals surface area contributed by atoms with Gasteiger partial charge in [-0.1, -0.05) is 50.3 Å². The van der Waals surface area contributed by atoms with Gasteiger partial charge in [0.2, 0.25) is 0 Å². The number of rotatable bonds is 7. The van der Waals surface area contributed by atoms with E-state index in [4.69, 9.17) is 16.3 Å². The van der Waals surface area contributed by atoms with Crippen LogP contribution in [0.25, 0.3) is 0 Å². The first-order chi connectivity index (χ1) is 10.7. The Kier molecular flexibility index (Phi) is 7.01. The largest absolute Gasteiger partial charge is 0.491 e. The van der Waals surface area contributed by atoms with Crippen molar-refractivity contribution in [2.75, 3.05) is 6.61 Å². The Morgan fingerprint density at radius 3 is 2.50 bits per heavy atom. The predicted molar refractivity (Wildman–Crippen MR) is 91.4 cm³/mol. The number of unbranched alkanes of at least 4 members (excludes halogenated alkanes) is 2. The topological polar surface area (TPSA) is 9.23 Å². The fraction of sp³-hybridized carbons (Fsp3) is 0.684. The molecule has 0 bridgehead atoms. The van der Waals surface area contributed by atoms with E-state index >= 15 is 0 Å². The maximum absolute atomic E-state index is 14.2. The highest BCUT2D eigenvalue weighted by Crippen LogP contribution is 2.42. The molecule has 1 saturated carbocycles. The van der Waals surface area contributed by atoms with Gasteiger partial charge in [-0.05, 0) is 56.1 Å². The summed E-state index contributed by atoms with van der Waals surface area (Å²) in [5.74, 6) is 1.13. The van der Waals surface area contributed by atoms with Crippen molar-refractivity contribution in [3.63, 3.8) is 0 Å². The third kappa shape index (κ3) is 4.38. The summed E-state index contributed by atoms with van der Waals surface area (Å²) in [6.07, 6.45) is 10.1. The van der Waals surface area contributed by atoms with Gasteiger partial charge in [-0.3, -0.25) is 0 Å². The number of benzene rings is 1. The number of hydrogen-bond donors (Lipinski definition) is 0. The molecule has 1 aromatic rings. The molecule has 1 aliphatic carbocycles. The van der Waals surface area contributed by atoms with Crippen molar-refractivity contribution in [2.24, 2.45) is 5.92 Å². The van der Waals surface area contributed by atoms with Crippen LogP contribution in [0, 0.1) is 11.7 Å². The molecule has 0 aromatic heterocycles. The van der Waals surface area contributed by atoms with Gasteiger partial charge < -0.3 is 4.74 Å². The van der Waals surface area contributed by atoms with Gasteiger partial charge >= 0.3 is 0 Å². The van der Waals surface area contributed by atoms with E-state index in [1.807, 2.05) is 13.0 Å². The van der Waals surface area contributed by atoms with E-state index in [1.165, 1.54) is 38.5 Å². The first-order valence-electron chi connectivity index (χ1n) is 8.78. The van der Waals surface area contributed by atoms with Gasteiger partial charge in [0, 0.05) is 0 Å². The van der Waals surface area contributed by atoms with Crippen molar-refractivity contribution >= 4 is 11.6 Å². The summed E-state index contributed by atoms with van der Waals surface area (Å²) in [7, 11) is 0. The molecule has 0 atom stereocenters. The van der Waals surface area contributed by atoms with E-state index in [0.717, 1.165) is 24.3 Å². The molecule has 1 nitrogen and oxygen atoms in total. The number of halogens is 2. The first kappa shape index (κ1) is 17.6. The normalized spacial score (nSPS) is 21.8. The lowest BCUT2D eigenvalue weighted by Gasteiger charge is -2.29. The van der Waals surface area contributed by atoms with Crippen molar-refractivity contribution in [3.05, 3.63) is 28.5 Å². The second-order valence-corrected chi connectivity index (χ2v) is 6.81. The van der Waals surface area contributed by atoms with Gasteiger partial charge in [0.25, 0.3) is 0 Å². The predicted octanol–water partition coefficient (Wildman–Crippen LogP) is 6.73. The molecule has 0 amide bonds. The second kappa shape index (κ2) is 8.76. The van der Waals surface area contributed by atoms with Crippen molar-refractivity contribution < 1.29 is 9.13 Å². The monoisotopic (exact) mass is 326 g/mol. The molecule has 124 valence electrons. The summed E-state index contributed by atoms with van der Waals surface area (Å²) in [6, 6.07) is 3.69. The molecule has 0 aliphatic heterocycles. The van der Waals surface area contributed by atoms with Gasteiger partial charge in [-0.25, -0.2) is 4.39 Å². The molecule has 3 heteroatoms. The van der Waals surface area contributed by atoms with E-state index in [-0.39, 0.29) is 10.8 Å². The lowest BCUT2D eigenvalue weighted by molar-refractivity contribution is 0.300. The molecule has 0 unspecified atom stereocenters. The Labute approximate surface area is 139 Å². The van der Waals surface area contributed by atoms with E-state index < -0.39 is 5.82 Å². The Morgan fingerprint density at radius 1 is 1.14 bits per heavy atom. The molecule has 0 saturated heterocycles. The zero-order valence-electron chi connectivity index (χ0n) is 13.8. The van der Waals surface area contributed by atoms with Crippen LogP contribution in [0.5, 0.6) is 5.75 Å². The van der Waals surface area contributed by atoms with E-state index in [2.05, 4.69) is 6.92 Å². The standard InChI is InChI=1S/C19H28ClFO/c1-3-5-6-7-14-8-10-15(11-9-14)16-12-13-17(22-4-2)19(21)18(16)20/h12-15H,3-11H2,1-2H3. The SMILES string of the molecule is CCCCCC1CCC(c2ccc(OCC)c(F)c2Cl)CC1. The lowest BCUT2D eigenvalue weighted by Crippen LogP contribution is -2.14. The quantitative estimate of drug-likeness (QED) is 0.504. The summed E-state index contributed by atoms with van der Waals surface area (Å²) < 4.78 is 19.5. The Bertz CT molecular complexity index is 467. The van der Waals surface area contributed by atoms with Crippen LogP contribution in [0.3, 0.4) is 0 Å². The van der Waals surface area contributed by atoms with Gasteiger partial charge in [-0.15, -0.1) is 0 Å². The van der Waals surface area contributed by atoms with E-state index in [0.29, 0.717) is 12.5 Å². The summed E-state index contributed by atoms with van der Waals surface area (Å²) in [6.45, 7) is 4.55. The minimum absolute atomic E-state index is 0.264. The van der Waals surface area contributed by atoms with Crippen LogP contribution < -0.4 is 4.74 Å². The molecule has 0 N–H and O–H groups in total. The van der Waals surface area contributed by atoms with E-state index in [1.54, 1.807) is 6.07 Å². The maximum Gasteiger partial charge on any atom is 0.183 e. The summed E-state index contributed by atoms with van der Waals surface area (Å²) in [4.78, 5) is 0. The van der Waals surface area contributed by atoms with Crippen molar-refractivity contribution in [1.29, 1.82) is 0 Å². The Morgan fingerprint density at radius 2 is 1.86 bits per heavy atom. The summed E-state index contributed by atoms with van der Waals surface area (Å²) >= 11 is 6.25. The van der Waals surface area contributed by atoms with Gasteiger partial charge in [0.1, 0.15) is 0 Å². The molecule has 1 fully saturated rings. The average molecular weight is 327 g/mol. The minimum Gasteiger partial charge on any atom is -0.491 e. The zero-order valence-corrected chi connectivity index (χ0v) is 14.6. The highest BCUT2D eigenvalue weighted by molar-refractivity contribution is 6.31. The molecule has 22 heavy (non-hydrogen) atoms. The number of ether oxygens (including phenoxy) is 1. The van der Waals surface area contributed by atoms with Gasteiger partial charge in [0.15, 0.2) is 11.6 Å². The van der Waals surface area contributed by atoms with Gasteiger partial charge in [-0.2, -0.15) is 0 Å². The minimum atomic E-state index is -0.397. The van der Waals surface area contributed by atoms with E-state index in [9.17, 15) is 4.39 Å². The van der Waals surface area contributed by atoms with Crippen molar-refractivity contribution in [3.8, 4) is 5.75 Å². The lowest BCUT2D eigenvalue weighted by atomic mass is 9.77. The first-order valence-corrected chi connectivity index (χ1v) is 9.15. The zero-order chi connectivity index (χ0) is 15.9. The fourth-order valence-corrected chi connectivity index (χ4v) is 3.88. The highest BCUT2D eigenvalue weighted by Gasteiger charge is 2.25.